The second-order valence-corrected chi connectivity index (χ2v) is 7.95. The molecule has 0 heterocycles. The molecule has 0 unspecified atom stereocenters. The van der Waals surface area contributed by atoms with Gasteiger partial charge >= 0.3 is 0 Å². The lowest BCUT2D eigenvalue weighted by Gasteiger charge is -2.22. The van der Waals surface area contributed by atoms with E-state index >= 15 is 0 Å². The summed E-state index contributed by atoms with van der Waals surface area (Å²) in [4.78, 5) is 12.5. The lowest BCUT2D eigenvalue weighted by molar-refractivity contribution is -0.123. The Hall–Kier alpha value is -1.83. The van der Waals surface area contributed by atoms with Gasteiger partial charge in [0.1, 0.15) is 0 Å². The molecule has 0 radical (unpaired) electrons. The number of rotatable bonds is 2. The van der Waals surface area contributed by atoms with Gasteiger partial charge in [-0.3, -0.25) is 4.79 Å². The van der Waals surface area contributed by atoms with Crippen LogP contribution in [0.2, 0.25) is 0 Å². The molecule has 124 valence electrons. The molecule has 0 saturated carbocycles. The molecule has 2 rings (SSSR count). The van der Waals surface area contributed by atoms with Gasteiger partial charge in [0, 0.05) is 11.0 Å². The number of allylic oxidation sites excluding steroid dienone is 4. The smallest absolute Gasteiger partial charge is 0.229 e. The van der Waals surface area contributed by atoms with E-state index < -0.39 is 5.41 Å². The predicted octanol–water partition coefficient (Wildman–Crippen LogP) is 5.80. The Morgan fingerprint density at radius 2 is 1.61 bits per heavy atom. The molecule has 2 heteroatoms. The van der Waals surface area contributed by atoms with Crippen LogP contribution < -0.4 is 5.32 Å². The number of nitrogens with one attached hydrogen (secondary N) is 1. The van der Waals surface area contributed by atoms with E-state index in [0.29, 0.717) is 0 Å². The summed E-state index contributed by atoms with van der Waals surface area (Å²) < 4.78 is 0. The van der Waals surface area contributed by atoms with Crippen molar-refractivity contribution >= 4 is 17.2 Å². The van der Waals surface area contributed by atoms with Gasteiger partial charge in [-0.05, 0) is 63.8 Å². The van der Waals surface area contributed by atoms with Crippen molar-refractivity contribution in [2.75, 3.05) is 5.32 Å². The second-order valence-electron chi connectivity index (χ2n) is 7.95. The van der Waals surface area contributed by atoms with Crippen molar-refractivity contribution in [3.05, 3.63) is 45.5 Å². The average Bonchev–Trinajstić information content (AvgIpc) is 2.65. The van der Waals surface area contributed by atoms with E-state index in [-0.39, 0.29) is 5.91 Å². The highest BCUT2D eigenvalue weighted by atomic mass is 16.2. The summed E-state index contributed by atoms with van der Waals surface area (Å²) in [6, 6.07) is 4.34. The van der Waals surface area contributed by atoms with Gasteiger partial charge in [0.25, 0.3) is 0 Å². The Labute approximate surface area is 140 Å². The fourth-order valence-corrected chi connectivity index (χ4v) is 3.22. The number of carbonyl (C=O) groups is 1. The topological polar surface area (TPSA) is 29.1 Å². The molecule has 23 heavy (non-hydrogen) atoms. The SMILES string of the molecule is CC1=C(C)C(c2cc(C)cc(C)c2NC(=O)C(C)(C)C)=C(C)C1. The van der Waals surface area contributed by atoms with Gasteiger partial charge in [-0.1, -0.05) is 43.5 Å². The molecule has 1 aliphatic rings. The molecule has 0 aliphatic heterocycles. The highest BCUT2D eigenvalue weighted by Crippen LogP contribution is 2.42. The van der Waals surface area contributed by atoms with Crippen LogP contribution in [0.3, 0.4) is 0 Å². The molecule has 1 N–H and O–H groups in total. The summed E-state index contributed by atoms with van der Waals surface area (Å²) >= 11 is 0. The first-order valence-corrected chi connectivity index (χ1v) is 8.32. The maximum atomic E-state index is 12.5. The number of carbonyl (C=O) groups excluding carboxylic acids is 1. The number of hydrogen-bond donors (Lipinski definition) is 1. The minimum atomic E-state index is -0.408. The normalized spacial score (nSPS) is 15.5. The van der Waals surface area contributed by atoms with Gasteiger partial charge in [-0.2, -0.15) is 0 Å². The van der Waals surface area contributed by atoms with Gasteiger partial charge in [0.05, 0.1) is 5.69 Å². The number of amides is 1. The van der Waals surface area contributed by atoms with E-state index in [1.807, 2.05) is 20.8 Å². The van der Waals surface area contributed by atoms with Crippen molar-refractivity contribution in [3.63, 3.8) is 0 Å². The van der Waals surface area contributed by atoms with Crippen LogP contribution >= 0.6 is 0 Å². The fourth-order valence-electron chi connectivity index (χ4n) is 3.22. The van der Waals surface area contributed by atoms with E-state index in [1.165, 1.54) is 27.9 Å². The summed E-state index contributed by atoms with van der Waals surface area (Å²) in [5.74, 6) is 0.0558. The lowest BCUT2D eigenvalue weighted by atomic mass is 9.91. The van der Waals surface area contributed by atoms with E-state index in [1.54, 1.807) is 0 Å². The third-order valence-corrected chi connectivity index (χ3v) is 4.64. The van der Waals surface area contributed by atoms with Gasteiger partial charge in [-0.25, -0.2) is 0 Å². The van der Waals surface area contributed by atoms with E-state index in [0.717, 1.165) is 23.2 Å². The summed E-state index contributed by atoms with van der Waals surface area (Å²) in [7, 11) is 0. The Bertz CT molecular complexity index is 727. The zero-order valence-electron chi connectivity index (χ0n) is 15.8. The number of anilines is 1. The van der Waals surface area contributed by atoms with Crippen molar-refractivity contribution in [2.24, 2.45) is 5.41 Å². The number of aryl methyl sites for hydroxylation is 2. The molecule has 0 atom stereocenters. The zero-order valence-corrected chi connectivity index (χ0v) is 15.8. The fraction of sp³-hybridized carbons (Fsp3) is 0.476. The second kappa shape index (κ2) is 5.99. The summed E-state index contributed by atoms with van der Waals surface area (Å²) in [6.45, 7) is 16.6. The molecular weight excluding hydrogens is 282 g/mol. The summed E-state index contributed by atoms with van der Waals surface area (Å²) in [5.41, 5.74) is 9.51. The highest BCUT2D eigenvalue weighted by molar-refractivity contribution is 6.00. The molecule has 0 aromatic heterocycles. The predicted molar refractivity (Wildman–Crippen MR) is 99.6 cm³/mol. The molecule has 1 aromatic rings. The maximum absolute atomic E-state index is 12.5. The number of hydrogen-bond acceptors (Lipinski definition) is 1. The zero-order chi connectivity index (χ0) is 17.5. The van der Waals surface area contributed by atoms with Gasteiger partial charge in [0.2, 0.25) is 5.91 Å². The van der Waals surface area contributed by atoms with Gasteiger partial charge < -0.3 is 5.32 Å². The largest absolute Gasteiger partial charge is 0.325 e. The molecule has 0 fully saturated rings. The highest BCUT2D eigenvalue weighted by Gasteiger charge is 2.25. The van der Waals surface area contributed by atoms with Crippen LogP contribution in [0, 0.1) is 19.3 Å². The van der Waals surface area contributed by atoms with Crippen LogP contribution in [-0.4, -0.2) is 5.91 Å². The van der Waals surface area contributed by atoms with Gasteiger partial charge in [0.15, 0.2) is 0 Å². The van der Waals surface area contributed by atoms with Crippen LogP contribution in [-0.2, 0) is 4.79 Å². The Balaban J connectivity index is 2.61. The molecule has 0 bridgehead atoms. The van der Waals surface area contributed by atoms with E-state index in [4.69, 9.17) is 0 Å². The summed E-state index contributed by atoms with van der Waals surface area (Å²) in [6.07, 6.45) is 1.03. The monoisotopic (exact) mass is 311 g/mol. The third kappa shape index (κ3) is 3.41. The van der Waals surface area contributed by atoms with Crippen molar-refractivity contribution in [1.82, 2.24) is 0 Å². The molecule has 2 nitrogen and oxygen atoms in total. The molecule has 0 saturated heterocycles. The molecule has 0 spiro atoms. The first-order chi connectivity index (χ1) is 10.5. The van der Waals surface area contributed by atoms with Crippen LogP contribution in [0.5, 0.6) is 0 Å². The van der Waals surface area contributed by atoms with E-state index in [2.05, 4.69) is 52.1 Å². The molecule has 1 aliphatic carbocycles. The Kier molecular flexibility index (Phi) is 4.57. The lowest BCUT2D eigenvalue weighted by Crippen LogP contribution is -2.28. The van der Waals surface area contributed by atoms with Crippen LogP contribution in [0.15, 0.2) is 28.9 Å². The van der Waals surface area contributed by atoms with Crippen LogP contribution in [0.25, 0.3) is 5.57 Å². The minimum Gasteiger partial charge on any atom is -0.325 e. The van der Waals surface area contributed by atoms with Crippen molar-refractivity contribution in [1.29, 1.82) is 0 Å². The van der Waals surface area contributed by atoms with Crippen molar-refractivity contribution in [3.8, 4) is 0 Å². The summed E-state index contributed by atoms with van der Waals surface area (Å²) in [5, 5.41) is 3.18. The maximum Gasteiger partial charge on any atom is 0.229 e. The first-order valence-electron chi connectivity index (χ1n) is 8.32. The first kappa shape index (κ1) is 17.5. The quantitative estimate of drug-likeness (QED) is 0.734. The molecule has 1 amide bonds. The van der Waals surface area contributed by atoms with Gasteiger partial charge in [-0.15, -0.1) is 0 Å². The van der Waals surface area contributed by atoms with E-state index in [9.17, 15) is 4.79 Å². The minimum absolute atomic E-state index is 0.0558. The molecule has 1 aromatic carbocycles. The average molecular weight is 311 g/mol. The Morgan fingerprint density at radius 1 is 1.00 bits per heavy atom. The van der Waals surface area contributed by atoms with Crippen molar-refractivity contribution < 1.29 is 4.79 Å². The Morgan fingerprint density at radius 3 is 2.09 bits per heavy atom. The van der Waals surface area contributed by atoms with Crippen LogP contribution in [0.1, 0.15) is 64.7 Å². The van der Waals surface area contributed by atoms with Crippen LogP contribution in [0.4, 0.5) is 5.69 Å². The molecular formula is C21H29NO. The third-order valence-electron chi connectivity index (χ3n) is 4.64. The standard InChI is InChI=1S/C21H29NO/c1-12-9-15(4)19(22-20(23)21(6,7)8)17(10-12)18-14(3)11-13(2)16(18)5/h9-10H,11H2,1-8H3,(H,22,23). The van der Waals surface area contributed by atoms with Crippen molar-refractivity contribution in [2.45, 2.75) is 61.8 Å². The number of benzene rings is 1.